The van der Waals surface area contributed by atoms with Crippen LogP contribution < -0.4 is 5.32 Å². The summed E-state index contributed by atoms with van der Waals surface area (Å²) in [7, 11) is 0. The minimum Gasteiger partial charge on any atom is -0.465 e. The van der Waals surface area contributed by atoms with Crippen molar-refractivity contribution < 1.29 is 9.21 Å². The maximum Gasteiger partial charge on any atom is 0.248 e. The van der Waals surface area contributed by atoms with Crippen molar-refractivity contribution in [1.29, 1.82) is 0 Å². The Morgan fingerprint density at radius 2 is 2.15 bits per heavy atom. The van der Waals surface area contributed by atoms with Gasteiger partial charge in [-0.2, -0.15) is 0 Å². The molecule has 0 saturated heterocycles. The molecule has 1 aromatic carbocycles. The van der Waals surface area contributed by atoms with Crippen molar-refractivity contribution in [3.8, 4) is 10.6 Å². The molecule has 4 aromatic rings. The van der Waals surface area contributed by atoms with Crippen LogP contribution in [0.5, 0.6) is 0 Å². The van der Waals surface area contributed by atoms with Gasteiger partial charge in [-0.05, 0) is 61.0 Å². The Morgan fingerprint density at radius 1 is 1.23 bits per heavy atom. The zero-order chi connectivity index (χ0) is 17.9. The number of carbonyl (C=O) groups excluding carboxylic acids is 1. The molecule has 0 atom stereocenters. The number of hydrogen-bond donors (Lipinski definition) is 1. The van der Waals surface area contributed by atoms with E-state index in [1.165, 1.54) is 6.08 Å². The third-order valence-electron chi connectivity index (χ3n) is 3.84. The molecule has 0 unspecified atom stereocenters. The van der Waals surface area contributed by atoms with E-state index in [1.54, 1.807) is 42.0 Å². The molecule has 3 heterocycles. The molecule has 0 bridgehead atoms. The third-order valence-corrected chi connectivity index (χ3v) is 4.87. The lowest BCUT2D eigenvalue weighted by Gasteiger charge is -2.07. The Kier molecular flexibility index (Phi) is 4.33. The van der Waals surface area contributed by atoms with Crippen LogP contribution in [0.4, 0.5) is 5.69 Å². The minimum atomic E-state index is -0.207. The number of hydrogen-bond acceptors (Lipinski definition) is 5. The van der Waals surface area contributed by atoms with E-state index in [9.17, 15) is 4.79 Å². The Balaban J connectivity index is 1.53. The number of nitrogens with zero attached hydrogens (tertiary/aromatic N) is 2. The first kappa shape index (κ1) is 16.2. The lowest BCUT2D eigenvalue weighted by molar-refractivity contribution is -0.111. The Labute approximate surface area is 154 Å². The van der Waals surface area contributed by atoms with Crippen LogP contribution in [0.25, 0.3) is 27.0 Å². The quantitative estimate of drug-likeness (QED) is 0.524. The highest BCUT2D eigenvalue weighted by atomic mass is 32.1. The van der Waals surface area contributed by atoms with Crippen molar-refractivity contribution in [2.24, 2.45) is 0 Å². The smallest absolute Gasteiger partial charge is 0.248 e. The van der Waals surface area contributed by atoms with Gasteiger partial charge in [-0.25, -0.2) is 9.97 Å². The van der Waals surface area contributed by atoms with Crippen LogP contribution in [0.2, 0.25) is 0 Å². The third kappa shape index (κ3) is 3.41. The summed E-state index contributed by atoms with van der Waals surface area (Å²) in [5, 5.41) is 3.80. The molecule has 3 aromatic heterocycles. The number of fused-ring (bicyclic) bond motifs is 1. The monoisotopic (exact) mass is 361 g/mol. The Bertz CT molecular complexity index is 1060. The largest absolute Gasteiger partial charge is 0.465 e. The van der Waals surface area contributed by atoms with Gasteiger partial charge in [-0.1, -0.05) is 11.3 Å². The molecule has 0 aliphatic carbocycles. The van der Waals surface area contributed by atoms with Crippen molar-refractivity contribution in [3.63, 3.8) is 0 Å². The SMILES string of the molecule is Cc1cc(-c2nc3cccnc3s2)ccc1NC(=O)/C=C/c1ccco1. The van der Waals surface area contributed by atoms with Crippen molar-refractivity contribution in [2.75, 3.05) is 5.32 Å². The lowest BCUT2D eigenvalue weighted by atomic mass is 10.1. The minimum absolute atomic E-state index is 0.207. The molecular weight excluding hydrogens is 346 g/mol. The van der Waals surface area contributed by atoms with Crippen LogP contribution in [0.15, 0.2) is 65.4 Å². The lowest BCUT2D eigenvalue weighted by Crippen LogP contribution is -2.08. The van der Waals surface area contributed by atoms with E-state index in [0.717, 1.165) is 32.2 Å². The molecule has 0 spiro atoms. The summed E-state index contributed by atoms with van der Waals surface area (Å²) in [5.41, 5.74) is 3.64. The van der Waals surface area contributed by atoms with Gasteiger partial charge in [0, 0.05) is 23.5 Å². The summed E-state index contributed by atoms with van der Waals surface area (Å²) >= 11 is 1.55. The fourth-order valence-electron chi connectivity index (χ4n) is 2.55. The predicted octanol–water partition coefficient (Wildman–Crippen LogP) is 4.91. The number of furan rings is 1. The second kappa shape index (κ2) is 6.93. The number of amides is 1. The second-order valence-corrected chi connectivity index (χ2v) is 6.69. The van der Waals surface area contributed by atoms with E-state index < -0.39 is 0 Å². The highest BCUT2D eigenvalue weighted by Gasteiger charge is 2.09. The van der Waals surface area contributed by atoms with Crippen LogP contribution in [-0.4, -0.2) is 15.9 Å². The molecule has 4 rings (SSSR count). The van der Waals surface area contributed by atoms with Gasteiger partial charge in [0.2, 0.25) is 5.91 Å². The number of thiazole rings is 1. The molecule has 26 heavy (non-hydrogen) atoms. The highest BCUT2D eigenvalue weighted by molar-refractivity contribution is 7.21. The average molecular weight is 361 g/mol. The summed E-state index contributed by atoms with van der Waals surface area (Å²) in [6, 6.07) is 13.3. The van der Waals surface area contributed by atoms with Crippen LogP contribution in [-0.2, 0) is 4.79 Å². The van der Waals surface area contributed by atoms with Gasteiger partial charge < -0.3 is 9.73 Å². The van der Waals surface area contributed by atoms with Crippen molar-refractivity contribution in [3.05, 3.63) is 72.3 Å². The molecule has 5 nitrogen and oxygen atoms in total. The van der Waals surface area contributed by atoms with E-state index >= 15 is 0 Å². The molecule has 0 aliphatic rings. The topological polar surface area (TPSA) is 68.0 Å². The van der Waals surface area contributed by atoms with Gasteiger partial charge in [0.05, 0.1) is 6.26 Å². The molecule has 1 N–H and O–H groups in total. The van der Waals surface area contributed by atoms with Crippen LogP contribution >= 0.6 is 11.3 Å². The first-order valence-electron chi connectivity index (χ1n) is 8.04. The first-order valence-corrected chi connectivity index (χ1v) is 8.86. The van der Waals surface area contributed by atoms with Gasteiger partial charge in [0.15, 0.2) is 0 Å². The number of benzene rings is 1. The predicted molar refractivity (Wildman–Crippen MR) is 104 cm³/mol. The van der Waals surface area contributed by atoms with E-state index in [0.29, 0.717) is 5.76 Å². The van der Waals surface area contributed by atoms with Crippen molar-refractivity contribution >= 4 is 39.4 Å². The number of rotatable bonds is 4. The second-order valence-electron chi connectivity index (χ2n) is 5.71. The van der Waals surface area contributed by atoms with Gasteiger partial charge >= 0.3 is 0 Å². The van der Waals surface area contributed by atoms with Gasteiger partial charge in [0.25, 0.3) is 0 Å². The highest BCUT2D eigenvalue weighted by Crippen LogP contribution is 2.30. The summed E-state index contributed by atoms with van der Waals surface area (Å²) in [6.45, 7) is 1.96. The fraction of sp³-hybridized carbons (Fsp3) is 0.0500. The molecule has 6 heteroatoms. The zero-order valence-electron chi connectivity index (χ0n) is 14.0. The summed E-state index contributed by atoms with van der Waals surface area (Å²) in [4.78, 5) is 21.9. The van der Waals surface area contributed by atoms with E-state index in [4.69, 9.17) is 4.42 Å². The molecule has 0 fully saturated rings. The van der Waals surface area contributed by atoms with Crippen LogP contribution in [0.1, 0.15) is 11.3 Å². The van der Waals surface area contributed by atoms with E-state index in [2.05, 4.69) is 15.3 Å². The van der Waals surface area contributed by atoms with Crippen LogP contribution in [0.3, 0.4) is 0 Å². The summed E-state index contributed by atoms with van der Waals surface area (Å²) in [6.07, 6.45) is 6.42. The number of pyridine rings is 1. The number of carbonyl (C=O) groups is 1. The Morgan fingerprint density at radius 3 is 2.92 bits per heavy atom. The van der Waals surface area contributed by atoms with Crippen molar-refractivity contribution in [1.82, 2.24) is 9.97 Å². The fourth-order valence-corrected chi connectivity index (χ4v) is 3.45. The van der Waals surface area contributed by atoms with Gasteiger partial charge in [-0.3, -0.25) is 4.79 Å². The molecule has 0 radical (unpaired) electrons. The van der Waals surface area contributed by atoms with E-state index in [-0.39, 0.29) is 5.91 Å². The molecule has 0 saturated carbocycles. The van der Waals surface area contributed by atoms with Crippen molar-refractivity contribution in [2.45, 2.75) is 6.92 Å². The molecular formula is C20H15N3O2S. The van der Waals surface area contributed by atoms with Gasteiger partial charge in [0.1, 0.15) is 21.1 Å². The number of aromatic nitrogens is 2. The van der Waals surface area contributed by atoms with E-state index in [1.807, 2.05) is 37.3 Å². The number of nitrogens with one attached hydrogen (secondary N) is 1. The molecule has 0 aliphatic heterocycles. The maximum absolute atomic E-state index is 12.1. The Hall–Kier alpha value is -3.25. The molecule has 128 valence electrons. The first-order chi connectivity index (χ1) is 12.7. The molecule has 1 amide bonds. The normalized spacial score (nSPS) is 11.3. The number of aryl methyl sites for hydroxylation is 1. The zero-order valence-corrected chi connectivity index (χ0v) is 14.8. The number of anilines is 1. The summed E-state index contributed by atoms with van der Waals surface area (Å²) in [5.74, 6) is 0.429. The average Bonchev–Trinajstić information content (AvgIpc) is 3.31. The maximum atomic E-state index is 12.1. The van der Waals surface area contributed by atoms with Crippen LogP contribution in [0, 0.1) is 6.92 Å². The standard InChI is InChI=1S/C20H15N3O2S/c1-13-12-14(19-23-17-5-2-10-21-20(17)26-19)6-8-16(13)22-18(24)9-7-15-4-3-11-25-15/h2-12H,1H3,(H,22,24)/b9-7+. The summed E-state index contributed by atoms with van der Waals surface area (Å²) < 4.78 is 5.17. The van der Waals surface area contributed by atoms with Gasteiger partial charge in [-0.15, -0.1) is 0 Å².